The molecule has 5 rings (SSSR count). The van der Waals surface area contributed by atoms with Crippen molar-refractivity contribution in [3.63, 3.8) is 0 Å². The molecule has 0 aliphatic heterocycles. The number of hydrogen-bond donors (Lipinski definition) is 1. The predicted octanol–water partition coefficient (Wildman–Crippen LogP) is 3.84. The number of benzene rings is 1. The molecule has 0 bridgehead atoms. The highest BCUT2D eigenvalue weighted by atomic mass is 16.5. The van der Waals surface area contributed by atoms with E-state index < -0.39 is 0 Å². The molecule has 180 valence electrons. The molecular formula is C26H29N7O2. The first-order chi connectivity index (χ1) is 16.9. The van der Waals surface area contributed by atoms with E-state index in [-0.39, 0.29) is 17.9 Å². The normalized spacial score (nSPS) is 15.0. The number of rotatable bonds is 8. The first-order valence-electron chi connectivity index (χ1n) is 11.7. The van der Waals surface area contributed by atoms with Gasteiger partial charge in [-0.15, -0.1) is 0 Å². The summed E-state index contributed by atoms with van der Waals surface area (Å²) in [5, 5.41) is 11.7. The number of anilines is 1. The fourth-order valence-electron chi connectivity index (χ4n) is 4.32. The zero-order valence-electron chi connectivity index (χ0n) is 20.4. The van der Waals surface area contributed by atoms with Gasteiger partial charge in [0, 0.05) is 39.1 Å². The molecule has 1 saturated carbocycles. The number of carbonyl (C=O) groups is 1. The molecule has 3 heterocycles. The van der Waals surface area contributed by atoms with Crippen molar-refractivity contribution >= 4 is 11.7 Å². The third kappa shape index (κ3) is 4.41. The summed E-state index contributed by atoms with van der Waals surface area (Å²) in [5.41, 5.74) is 3.67. The molecule has 1 aromatic carbocycles. The molecule has 35 heavy (non-hydrogen) atoms. The van der Waals surface area contributed by atoms with Crippen LogP contribution in [0.15, 0.2) is 59.5 Å². The van der Waals surface area contributed by atoms with Crippen LogP contribution in [0.3, 0.4) is 0 Å². The summed E-state index contributed by atoms with van der Waals surface area (Å²) in [7, 11) is 5.30. The summed E-state index contributed by atoms with van der Waals surface area (Å²) >= 11 is 0. The number of aromatic nitrogens is 5. The minimum atomic E-state index is -0.356. The molecule has 0 radical (unpaired) electrons. The summed E-state index contributed by atoms with van der Waals surface area (Å²) in [4.78, 5) is 22.7. The van der Waals surface area contributed by atoms with Crippen LogP contribution in [-0.4, -0.2) is 56.9 Å². The van der Waals surface area contributed by atoms with Gasteiger partial charge in [0.05, 0.1) is 17.2 Å². The summed E-state index contributed by atoms with van der Waals surface area (Å²) in [6, 6.07) is 12.6. The van der Waals surface area contributed by atoms with E-state index in [4.69, 9.17) is 9.51 Å². The summed E-state index contributed by atoms with van der Waals surface area (Å²) < 4.78 is 7.23. The van der Waals surface area contributed by atoms with Gasteiger partial charge in [-0.1, -0.05) is 29.4 Å². The standard InChI is InChI=1S/C26H29N7O2/c1-26(21-10-11-21,20-8-5-17(6-9-20)18-7-12-22(27-2)28-13-18)25-30-24(35-31-25)19-14-29-33(15-19)16-23(34)32(3)4/h5-9,12-15,21H,10-11,16H2,1-4H3,(H,27,28)/t26-/m0/s1. The molecule has 1 N–H and O–H groups in total. The van der Waals surface area contributed by atoms with Gasteiger partial charge < -0.3 is 14.7 Å². The smallest absolute Gasteiger partial charge is 0.261 e. The van der Waals surface area contributed by atoms with Crippen LogP contribution < -0.4 is 5.32 Å². The van der Waals surface area contributed by atoms with Crippen LogP contribution in [0.2, 0.25) is 0 Å². The Morgan fingerprint density at radius 2 is 1.86 bits per heavy atom. The minimum absolute atomic E-state index is 0.0376. The Morgan fingerprint density at radius 3 is 2.49 bits per heavy atom. The first kappa shape index (κ1) is 22.8. The van der Waals surface area contributed by atoms with Gasteiger partial charge in [-0.2, -0.15) is 10.1 Å². The number of carbonyl (C=O) groups excluding carboxylic acids is 1. The largest absolute Gasteiger partial charge is 0.373 e. The van der Waals surface area contributed by atoms with Crippen molar-refractivity contribution in [1.82, 2.24) is 29.8 Å². The summed E-state index contributed by atoms with van der Waals surface area (Å²) in [6.07, 6.45) is 7.54. The van der Waals surface area contributed by atoms with Gasteiger partial charge >= 0.3 is 0 Å². The fraction of sp³-hybridized carbons (Fsp3) is 0.346. The monoisotopic (exact) mass is 471 g/mol. The molecule has 3 aromatic heterocycles. The van der Waals surface area contributed by atoms with Gasteiger partial charge in [0.25, 0.3) is 5.89 Å². The molecule has 0 unspecified atom stereocenters. The van der Waals surface area contributed by atoms with E-state index in [1.54, 1.807) is 31.2 Å². The second kappa shape index (κ2) is 8.98. The third-order valence-electron chi connectivity index (χ3n) is 6.80. The molecule has 4 aromatic rings. The van der Waals surface area contributed by atoms with E-state index in [1.165, 1.54) is 4.90 Å². The van der Waals surface area contributed by atoms with Crippen molar-refractivity contribution in [3.8, 4) is 22.6 Å². The average molecular weight is 472 g/mol. The molecular weight excluding hydrogens is 442 g/mol. The van der Waals surface area contributed by atoms with Crippen LogP contribution in [0.1, 0.15) is 31.2 Å². The molecule has 1 fully saturated rings. The zero-order valence-corrected chi connectivity index (χ0v) is 20.4. The lowest BCUT2D eigenvalue weighted by atomic mass is 9.76. The van der Waals surface area contributed by atoms with Crippen molar-refractivity contribution in [2.24, 2.45) is 5.92 Å². The van der Waals surface area contributed by atoms with Crippen molar-refractivity contribution in [2.75, 3.05) is 26.5 Å². The molecule has 9 nitrogen and oxygen atoms in total. The molecule has 1 atom stereocenters. The number of nitrogens with one attached hydrogen (secondary N) is 1. The van der Waals surface area contributed by atoms with Crippen LogP contribution in [0.25, 0.3) is 22.6 Å². The van der Waals surface area contributed by atoms with E-state index in [0.29, 0.717) is 23.2 Å². The second-order valence-electron chi connectivity index (χ2n) is 9.37. The highest BCUT2D eigenvalue weighted by molar-refractivity contribution is 5.75. The summed E-state index contributed by atoms with van der Waals surface area (Å²) in [5.74, 6) is 2.33. The predicted molar refractivity (Wildman–Crippen MR) is 133 cm³/mol. The maximum atomic E-state index is 12.0. The molecule has 0 saturated heterocycles. The average Bonchev–Trinajstić information content (AvgIpc) is 3.44. The van der Waals surface area contributed by atoms with Gasteiger partial charge in [-0.3, -0.25) is 9.48 Å². The van der Waals surface area contributed by atoms with E-state index in [9.17, 15) is 4.79 Å². The number of amides is 1. The Morgan fingerprint density at radius 1 is 1.11 bits per heavy atom. The van der Waals surface area contributed by atoms with Gasteiger partial charge in [0.15, 0.2) is 5.82 Å². The quantitative estimate of drug-likeness (QED) is 0.416. The lowest BCUT2D eigenvalue weighted by Crippen LogP contribution is -2.28. The lowest BCUT2D eigenvalue weighted by Gasteiger charge is -2.27. The number of pyridine rings is 1. The Labute approximate surface area is 204 Å². The number of nitrogens with zero attached hydrogens (tertiary/aromatic N) is 6. The Bertz CT molecular complexity index is 1320. The fourth-order valence-corrected chi connectivity index (χ4v) is 4.32. The Hall–Kier alpha value is -4.01. The number of likely N-dealkylation sites (N-methyl/N-ethyl adjacent to an activating group) is 1. The minimum Gasteiger partial charge on any atom is -0.373 e. The van der Waals surface area contributed by atoms with Crippen LogP contribution in [0, 0.1) is 5.92 Å². The van der Waals surface area contributed by atoms with Crippen molar-refractivity contribution < 1.29 is 9.32 Å². The zero-order chi connectivity index (χ0) is 24.6. The lowest BCUT2D eigenvalue weighted by molar-refractivity contribution is -0.129. The summed E-state index contributed by atoms with van der Waals surface area (Å²) in [6.45, 7) is 2.35. The Kier molecular flexibility index (Phi) is 5.84. The van der Waals surface area contributed by atoms with E-state index in [0.717, 1.165) is 35.3 Å². The maximum absolute atomic E-state index is 12.0. The van der Waals surface area contributed by atoms with Crippen molar-refractivity contribution in [1.29, 1.82) is 0 Å². The van der Waals surface area contributed by atoms with Crippen molar-refractivity contribution in [2.45, 2.75) is 31.7 Å². The van der Waals surface area contributed by atoms with Crippen LogP contribution >= 0.6 is 0 Å². The van der Waals surface area contributed by atoms with Crippen LogP contribution in [0.4, 0.5) is 5.82 Å². The van der Waals surface area contributed by atoms with E-state index >= 15 is 0 Å². The topological polar surface area (TPSA) is 102 Å². The van der Waals surface area contributed by atoms with Crippen molar-refractivity contribution in [3.05, 3.63) is 66.4 Å². The highest BCUT2D eigenvalue weighted by Crippen LogP contribution is 2.50. The third-order valence-corrected chi connectivity index (χ3v) is 6.80. The highest BCUT2D eigenvalue weighted by Gasteiger charge is 2.47. The van der Waals surface area contributed by atoms with E-state index in [1.807, 2.05) is 19.3 Å². The second-order valence-corrected chi connectivity index (χ2v) is 9.37. The maximum Gasteiger partial charge on any atom is 0.261 e. The Balaban J connectivity index is 1.40. The number of hydrogen-bond acceptors (Lipinski definition) is 7. The van der Waals surface area contributed by atoms with Gasteiger partial charge in [0.1, 0.15) is 12.4 Å². The van der Waals surface area contributed by atoms with Crippen LogP contribution in [0.5, 0.6) is 0 Å². The molecule has 1 aliphatic rings. The molecule has 9 heteroatoms. The van der Waals surface area contributed by atoms with Gasteiger partial charge in [-0.05, 0) is 48.9 Å². The molecule has 1 amide bonds. The first-order valence-corrected chi connectivity index (χ1v) is 11.7. The van der Waals surface area contributed by atoms with E-state index in [2.05, 4.69) is 57.8 Å². The molecule has 1 aliphatic carbocycles. The van der Waals surface area contributed by atoms with Gasteiger partial charge in [-0.25, -0.2) is 4.98 Å². The molecule has 0 spiro atoms. The van der Waals surface area contributed by atoms with Crippen LogP contribution in [-0.2, 0) is 16.8 Å². The SMILES string of the molecule is CNc1ccc(-c2ccc([C@](C)(c3noc(-c4cnn(CC(=O)N(C)C)c4)n3)C3CC3)cc2)cn1. The van der Waals surface area contributed by atoms with Gasteiger partial charge in [0.2, 0.25) is 5.91 Å².